The van der Waals surface area contributed by atoms with Gasteiger partial charge < -0.3 is 10.2 Å². The number of carbonyl (C=O) groups excluding carboxylic acids is 1. The van der Waals surface area contributed by atoms with Crippen LogP contribution in [0.2, 0.25) is 0 Å². The van der Waals surface area contributed by atoms with Crippen molar-refractivity contribution in [3.05, 3.63) is 23.9 Å². The van der Waals surface area contributed by atoms with Crippen LogP contribution in [0.15, 0.2) is 18.3 Å². The Bertz CT molecular complexity index is 699. The van der Waals surface area contributed by atoms with Crippen LogP contribution in [-0.2, 0) is 21.4 Å². The van der Waals surface area contributed by atoms with Crippen molar-refractivity contribution in [1.29, 1.82) is 0 Å². The first-order chi connectivity index (χ1) is 11.9. The Hall–Kier alpha value is -1.67. The highest BCUT2D eigenvalue weighted by molar-refractivity contribution is 7.88. The van der Waals surface area contributed by atoms with Gasteiger partial charge in [-0.2, -0.15) is 0 Å². The number of carbonyl (C=O) groups is 1. The molecule has 0 aromatic carbocycles. The molecular weight excluding hydrogens is 340 g/mol. The summed E-state index contributed by atoms with van der Waals surface area (Å²) < 4.78 is 24.7. The normalized spacial score (nSPS) is 22.1. The fourth-order valence-electron chi connectivity index (χ4n) is 3.45. The van der Waals surface area contributed by atoms with Crippen molar-refractivity contribution in [2.45, 2.75) is 32.2 Å². The van der Waals surface area contributed by atoms with Crippen molar-refractivity contribution in [3.8, 4) is 0 Å². The van der Waals surface area contributed by atoms with Crippen LogP contribution in [0.1, 0.15) is 31.2 Å². The summed E-state index contributed by atoms with van der Waals surface area (Å²) in [5.41, 5.74) is 0.951. The largest absolute Gasteiger partial charge is 0.357 e. The first kappa shape index (κ1) is 18.1. The van der Waals surface area contributed by atoms with E-state index in [0.29, 0.717) is 13.1 Å². The minimum Gasteiger partial charge on any atom is -0.357 e. The lowest BCUT2D eigenvalue weighted by Gasteiger charge is -2.30. The summed E-state index contributed by atoms with van der Waals surface area (Å²) >= 11 is 0. The Labute approximate surface area is 149 Å². The van der Waals surface area contributed by atoms with Gasteiger partial charge >= 0.3 is 0 Å². The van der Waals surface area contributed by atoms with Gasteiger partial charge in [-0.3, -0.25) is 4.79 Å². The van der Waals surface area contributed by atoms with Crippen LogP contribution in [-0.4, -0.2) is 56.0 Å². The van der Waals surface area contributed by atoms with E-state index in [1.807, 2.05) is 12.1 Å². The van der Waals surface area contributed by atoms with Crippen LogP contribution < -0.4 is 10.2 Å². The molecule has 25 heavy (non-hydrogen) atoms. The van der Waals surface area contributed by atoms with Crippen LogP contribution in [0.4, 0.5) is 5.82 Å². The van der Waals surface area contributed by atoms with Gasteiger partial charge in [0.25, 0.3) is 0 Å². The highest BCUT2D eigenvalue weighted by Crippen LogP contribution is 2.20. The number of sulfonamides is 1. The van der Waals surface area contributed by atoms with Gasteiger partial charge in [-0.1, -0.05) is 6.07 Å². The number of pyridine rings is 1. The number of rotatable bonds is 5. The summed E-state index contributed by atoms with van der Waals surface area (Å²) in [6, 6.07) is 3.99. The lowest BCUT2D eigenvalue weighted by Crippen LogP contribution is -2.44. The number of piperidine rings is 1. The topological polar surface area (TPSA) is 82.6 Å². The second kappa shape index (κ2) is 7.70. The molecular formula is C17H26N4O3S. The summed E-state index contributed by atoms with van der Waals surface area (Å²) in [5, 5.41) is 2.92. The van der Waals surface area contributed by atoms with Crippen molar-refractivity contribution in [3.63, 3.8) is 0 Å². The number of hydrogen-bond acceptors (Lipinski definition) is 5. The lowest BCUT2D eigenvalue weighted by atomic mass is 9.99. The zero-order chi connectivity index (χ0) is 17.9. The first-order valence-corrected chi connectivity index (χ1v) is 10.7. The van der Waals surface area contributed by atoms with Gasteiger partial charge in [-0.25, -0.2) is 17.7 Å². The number of aromatic nitrogens is 1. The van der Waals surface area contributed by atoms with E-state index >= 15 is 0 Å². The van der Waals surface area contributed by atoms with Gasteiger partial charge in [0.1, 0.15) is 5.82 Å². The molecule has 0 spiro atoms. The third kappa shape index (κ3) is 4.70. The number of amides is 1. The summed E-state index contributed by atoms with van der Waals surface area (Å²) in [6.45, 7) is 3.31. The van der Waals surface area contributed by atoms with E-state index in [-0.39, 0.29) is 18.4 Å². The fraction of sp³-hybridized carbons (Fsp3) is 0.647. The molecule has 2 aliphatic heterocycles. The van der Waals surface area contributed by atoms with E-state index in [4.69, 9.17) is 0 Å². The maximum Gasteiger partial charge on any atom is 0.224 e. The third-order valence-electron chi connectivity index (χ3n) is 4.93. The maximum absolute atomic E-state index is 12.4. The molecule has 0 radical (unpaired) electrons. The molecule has 8 heteroatoms. The number of nitrogens with zero attached hydrogens (tertiary/aromatic N) is 3. The molecule has 3 rings (SSSR count). The van der Waals surface area contributed by atoms with Crippen LogP contribution in [0.5, 0.6) is 0 Å². The zero-order valence-electron chi connectivity index (χ0n) is 14.6. The van der Waals surface area contributed by atoms with E-state index in [0.717, 1.165) is 37.3 Å². The standard InChI is InChI=1S/C17H26N4O3S/c1-25(23,24)21-10-4-5-15(13-21)17(22)19-12-14-6-7-16(18-11-14)20-8-2-3-9-20/h6-7,11,15H,2-5,8-10,12-13H2,1H3,(H,19,22)/t15-/m1/s1. The second-order valence-electron chi connectivity index (χ2n) is 6.90. The Morgan fingerprint density at radius 1 is 1.24 bits per heavy atom. The minimum atomic E-state index is -3.23. The van der Waals surface area contributed by atoms with Crippen molar-refractivity contribution < 1.29 is 13.2 Å². The van der Waals surface area contributed by atoms with Gasteiger partial charge in [0.15, 0.2) is 0 Å². The minimum absolute atomic E-state index is 0.0861. The molecule has 2 saturated heterocycles. The molecule has 1 aromatic rings. The maximum atomic E-state index is 12.4. The summed E-state index contributed by atoms with van der Waals surface area (Å²) in [7, 11) is -3.23. The third-order valence-corrected chi connectivity index (χ3v) is 6.20. The quantitative estimate of drug-likeness (QED) is 0.840. The first-order valence-electron chi connectivity index (χ1n) is 8.86. The van der Waals surface area contributed by atoms with E-state index in [9.17, 15) is 13.2 Å². The number of hydrogen-bond donors (Lipinski definition) is 1. The monoisotopic (exact) mass is 366 g/mol. The summed E-state index contributed by atoms with van der Waals surface area (Å²) in [4.78, 5) is 19.1. The van der Waals surface area contributed by atoms with E-state index in [2.05, 4.69) is 15.2 Å². The van der Waals surface area contributed by atoms with Crippen molar-refractivity contribution in [2.24, 2.45) is 5.92 Å². The molecule has 1 amide bonds. The van der Waals surface area contributed by atoms with Crippen LogP contribution >= 0.6 is 0 Å². The highest BCUT2D eigenvalue weighted by Gasteiger charge is 2.29. The van der Waals surface area contributed by atoms with Gasteiger partial charge in [-0.05, 0) is 37.3 Å². The zero-order valence-corrected chi connectivity index (χ0v) is 15.5. The molecule has 138 valence electrons. The van der Waals surface area contributed by atoms with Crippen LogP contribution in [0, 0.1) is 5.92 Å². The average Bonchev–Trinajstić information content (AvgIpc) is 3.14. The Balaban J connectivity index is 1.51. The Kier molecular flexibility index (Phi) is 5.58. The van der Waals surface area contributed by atoms with E-state index in [1.165, 1.54) is 23.4 Å². The fourth-order valence-corrected chi connectivity index (χ4v) is 4.36. The molecule has 0 unspecified atom stereocenters. The van der Waals surface area contributed by atoms with E-state index < -0.39 is 10.0 Å². The molecule has 1 aromatic heterocycles. The van der Waals surface area contributed by atoms with Crippen molar-refractivity contribution >= 4 is 21.7 Å². The van der Waals surface area contributed by atoms with Crippen molar-refractivity contribution in [1.82, 2.24) is 14.6 Å². The van der Waals surface area contributed by atoms with Gasteiger partial charge in [0.2, 0.25) is 15.9 Å². The highest BCUT2D eigenvalue weighted by atomic mass is 32.2. The molecule has 1 atom stereocenters. The van der Waals surface area contributed by atoms with Gasteiger partial charge in [0.05, 0.1) is 12.2 Å². The molecule has 1 N–H and O–H groups in total. The average molecular weight is 366 g/mol. The van der Waals surface area contributed by atoms with Gasteiger partial charge in [0, 0.05) is 38.9 Å². The molecule has 0 bridgehead atoms. The number of anilines is 1. The van der Waals surface area contributed by atoms with E-state index in [1.54, 1.807) is 6.20 Å². The van der Waals surface area contributed by atoms with Gasteiger partial charge in [-0.15, -0.1) is 0 Å². The predicted molar refractivity (Wildman–Crippen MR) is 96.7 cm³/mol. The lowest BCUT2D eigenvalue weighted by molar-refractivity contribution is -0.126. The summed E-state index contributed by atoms with van der Waals surface area (Å²) in [6.07, 6.45) is 6.87. The summed E-state index contributed by atoms with van der Waals surface area (Å²) in [5.74, 6) is 0.626. The van der Waals surface area contributed by atoms with Crippen LogP contribution in [0.3, 0.4) is 0 Å². The predicted octanol–water partition coefficient (Wildman–Crippen LogP) is 0.970. The van der Waals surface area contributed by atoms with Crippen molar-refractivity contribution in [2.75, 3.05) is 37.3 Å². The molecule has 7 nitrogen and oxygen atoms in total. The SMILES string of the molecule is CS(=O)(=O)N1CCC[C@@H](C(=O)NCc2ccc(N3CCCC3)nc2)C1. The molecule has 0 saturated carbocycles. The molecule has 2 aliphatic rings. The van der Waals surface area contributed by atoms with Crippen LogP contribution in [0.25, 0.3) is 0 Å². The molecule has 0 aliphatic carbocycles. The smallest absolute Gasteiger partial charge is 0.224 e. The Morgan fingerprint density at radius 3 is 2.64 bits per heavy atom. The molecule has 2 fully saturated rings. The number of nitrogens with one attached hydrogen (secondary N) is 1. The molecule has 3 heterocycles. The Morgan fingerprint density at radius 2 is 2.00 bits per heavy atom. The second-order valence-corrected chi connectivity index (χ2v) is 8.88.